The third-order valence-corrected chi connectivity index (χ3v) is 1.83. The minimum Gasteiger partial charge on any atom is -0.492 e. The van der Waals surface area contributed by atoms with Gasteiger partial charge in [-0.15, -0.1) is 0 Å². The summed E-state index contributed by atoms with van der Waals surface area (Å²) in [6.45, 7) is 0.511. The molecule has 1 aromatic rings. The zero-order chi connectivity index (χ0) is 10.2. The number of aliphatic hydroxyl groups is 1. The number of rotatable bonds is 5. The Hall–Kier alpha value is -1.53. The molecule has 1 aromatic carbocycles. The summed E-state index contributed by atoms with van der Waals surface area (Å²) in [5.41, 5.74) is 0.980. The first-order chi connectivity index (χ1) is 6.88. The lowest BCUT2D eigenvalue weighted by molar-refractivity contribution is 0.290. The highest BCUT2D eigenvalue weighted by molar-refractivity contribution is 5.33. The number of ether oxygens (including phenoxy) is 1. The normalized spacial score (nSPS) is 9.43. The predicted molar refractivity (Wildman–Crippen MR) is 53.0 cm³/mol. The first-order valence-corrected chi connectivity index (χ1v) is 4.57. The van der Waals surface area contributed by atoms with Gasteiger partial charge in [-0.2, -0.15) is 5.26 Å². The van der Waals surface area contributed by atoms with Crippen LogP contribution in [0.1, 0.15) is 12.0 Å². The summed E-state index contributed by atoms with van der Waals surface area (Å²) >= 11 is 0. The molecule has 0 spiro atoms. The van der Waals surface area contributed by atoms with E-state index in [9.17, 15) is 0 Å². The lowest BCUT2D eigenvalue weighted by Gasteiger charge is -2.08. The van der Waals surface area contributed by atoms with E-state index < -0.39 is 0 Å². The van der Waals surface area contributed by atoms with Crippen LogP contribution in [-0.2, 0) is 6.42 Å². The SMILES string of the molecule is N#CCCOc1ccccc1CCO. The first-order valence-electron chi connectivity index (χ1n) is 4.57. The highest BCUT2D eigenvalue weighted by Gasteiger charge is 2.01. The number of aliphatic hydroxyl groups excluding tert-OH is 1. The fourth-order valence-corrected chi connectivity index (χ4v) is 1.18. The van der Waals surface area contributed by atoms with Crippen LogP contribution in [0.2, 0.25) is 0 Å². The molecular formula is C11H13NO2. The van der Waals surface area contributed by atoms with Crippen molar-refractivity contribution in [3.05, 3.63) is 29.8 Å². The molecule has 0 aliphatic carbocycles. The number of hydrogen-bond acceptors (Lipinski definition) is 3. The minimum atomic E-state index is 0.110. The maximum absolute atomic E-state index is 8.81. The number of para-hydroxylation sites is 1. The van der Waals surface area contributed by atoms with Gasteiger partial charge in [-0.05, 0) is 18.1 Å². The average molecular weight is 191 g/mol. The van der Waals surface area contributed by atoms with Gasteiger partial charge in [-0.25, -0.2) is 0 Å². The topological polar surface area (TPSA) is 53.2 Å². The van der Waals surface area contributed by atoms with Crippen molar-refractivity contribution >= 4 is 0 Å². The Bertz CT molecular complexity index is 317. The summed E-state index contributed by atoms with van der Waals surface area (Å²) in [6, 6.07) is 9.56. The number of nitrogens with zero attached hydrogens (tertiary/aromatic N) is 1. The molecular weight excluding hydrogens is 178 g/mol. The van der Waals surface area contributed by atoms with Gasteiger partial charge in [0.1, 0.15) is 12.4 Å². The molecule has 1 rings (SSSR count). The molecule has 0 unspecified atom stereocenters. The predicted octanol–water partition coefficient (Wildman–Crippen LogP) is 1.51. The van der Waals surface area contributed by atoms with Crippen LogP contribution in [0.3, 0.4) is 0 Å². The Morgan fingerprint density at radius 3 is 2.86 bits per heavy atom. The van der Waals surface area contributed by atoms with E-state index in [1.165, 1.54) is 0 Å². The van der Waals surface area contributed by atoms with E-state index >= 15 is 0 Å². The van der Waals surface area contributed by atoms with E-state index in [4.69, 9.17) is 15.1 Å². The Kier molecular flexibility index (Phi) is 4.53. The summed E-state index contributed by atoms with van der Waals surface area (Å²) in [4.78, 5) is 0. The van der Waals surface area contributed by atoms with Crippen LogP contribution < -0.4 is 4.74 Å². The van der Waals surface area contributed by atoms with Crippen molar-refractivity contribution in [3.63, 3.8) is 0 Å². The number of nitriles is 1. The largest absolute Gasteiger partial charge is 0.492 e. The van der Waals surface area contributed by atoms with Crippen molar-refractivity contribution in [2.75, 3.05) is 13.2 Å². The molecule has 0 saturated carbocycles. The van der Waals surface area contributed by atoms with Crippen LogP contribution in [-0.4, -0.2) is 18.3 Å². The average Bonchev–Trinajstić information content (AvgIpc) is 2.21. The summed E-state index contributed by atoms with van der Waals surface area (Å²) in [6.07, 6.45) is 0.968. The van der Waals surface area contributed by atoms with Crippen molar-refractivity contribution in [1.82, 2.24) is 0 Å². The summed E-state index contributed by atoms with van der Waals surface area (Å²) in [7, 11) is 0. The molecule has 74 valence electrons. The maximum Gasteiger partial charge on any atom is 0.122 e. The molecule has 0 fully saturated rings. The van der Waals surface area contributed by atoms with Crippen LogP contribution in [0.25, 0.3) is 0 Å². The molecule has 1 N–H and O–H groups in total. The van der Waals surface area contributed by atoms with E-state index in [-0.39, 0.29) is 6.61 Å². The van der Waals surface area contributed by atoms with Crippen molar-refractivity contribution in [2.24, 2.45) is 0 Å². The smallest absolute Gasteiger partial charge is 0.122 e. The van der Waals surface area contributed by atoms with Crippen LogP contribution in [0.15, 0.2) is 24.3 Å². The van der Waals surface area contributed by atoms with Gasteiger partial charge in [0, 0.05) is 6.61 Å². The standard InChI is InChI=1S/C11H13NO2/c12-7-3-9-14-11-5-2-1-4-10(11)6-8-13/h1-2,4-5,13H,3,6,8-9H2. The zero-order valence-corrected chi connectivity index (χ0v) is 7.94. The molecule has 14 heavy (non-hydrogen) atoms. The summed E-state index contributed by atoms with van der Waals surface area (Å²) in [5.74, 6) is 0.761. The second-order valence-corrected chi connectivity index (χ2v) is 2.84. The number of hydrogen-bond donors (Lipinski definition) is 1. The Labute approximate surface area is 83.6 Å². The summed E-state index contributed by atoms with van der Waals surface area (Å²) < 4.78 is 5.40. The third-order valence-electron chi connectivity index (χ3n) is 1.83. The van der Waals surface area contributed by atoms with Gasteiger partial charge in [0.05, 0.1) is 12.5 Å². The molecule has 3 heteroatoms. The van der Waals surface area contributed by atoms with Crippen molar-refractivity contribution in [2.45, 2.75) is 12.8 Å². The molecule has 3 nitrogen and oxygen atoms in total. The van der Waals surface area contributed by atoms with Crippen molar-refractivity contribution in [1.29, 1.82) is 5.26 Å². The van der Waals surface area contributed by atoms with Gasteiger partial charge in [0.2, 0.25) is 0 Å². The molecule has 0 saturated heterocycles. The van der Waals surface area contributed by atoms with E-state index in [1.807, 2.05) is 30.3 Å². The van der Waals surface area contributed by atoms with E-state index in [2.05, 4.69) is 0 Å². The Morgan fingerprint density at radius 1 is 1.36 bits per heavy atom. The van der Waals surface area contributed by atoms with Gasteiger partial charge in [-0.1, -0.05) is 18.2 Å². The van der Waals surface area contributed by atoms with Gasteiger partial charge in [0.25, 0.3) is 0 Å². The molecule has 0 atom stereocenters. The van der Waals surface area contributed by atoms with Crippen molar-refractivity contribution < 1.29 is 9.84 Å². The fraction of sp³-hybridized carbons (Fsp3) is 0.364. The molecule has 0 aliphatic heterocycles. The Balaban J connectivity index is 2.60. The maximum atomic E-state index is 8.81. The van der Waals surface area contributed by atoms with E-state index in [0.29, 0.717) is 19.4 Å². The molecule has 0 bridgehead atoms. The van der Waals surface area contributed by atoms with Gasteiger partial charge < -0.3 is 9.84 Å². The summed E-state index contributed by atoms with van der Waals surface area (Å²) in [5, 5.41) is 17.2. The highest BCUT2D eigenvalue weighted by Crippen LogP contribution is 2.18. The first kappa shape index (κ1) is 10.6. The second kappa shape index (κ2) is 6.01. The lowest BCUT2D eigenvalue weighted by atomic mass is 10.1. The van der Waals surface area contributed by atoms with Crippen LogP contribution in [0.4, 0.5) is 0 Å². The van der Waals surface area contributed by atoms with Crippen molar-refractivity contribution in [3.8, 4) is 11.8 Å². The Morgan fingerprint density at radius 2 is 2.14 bits per heavy atom. The minimum absolute atomic E-state index is 0.110. The third kappa shape index (κ3) is 3.08. The molecule has 0 radical (unpaired) electrons. The van der Waals surface area contributed by atoms with Gasteiger partial charge >= 0.3 is 0 Å². The quantitative estimate of drug-likeness (QED) is 0.718. The van der Waals surface area contributed by atoms with Crippen LogP contribution in [0, 0.1) is 11.3 Å². The molecule has 0 heterocycles. The zero-order valence-electron chi connectivity index (χ0n) is 7.94. The molecule has 0 amide bonds. The fourth-order valence-electron chi connectivity index (χ4n) is 1.18. The second-order valence-electron chi connectivity index (χ2n) is 2.84. The van der Waals surface area contributed by atoms with Gasteiger partial charge in [0.15, 0.2) is 0 Å². The van der Waals surface area contributed by atoms with Crippen LogP contribution >= 0.6 is 0 Å². The van der Waals surface area contributed by atoms with Gasteiger partial charge in [-0.3, -0.25) is 0 Å². The highest BCUT2D eigenvalue weighted by atomic mass is 16.5. The van der Waals surface area contributed by atoms with E-state index in [1.54, 1.807) is 0 Å². The monoisotopic (exact) mass is 191 g/mol. The number of benzene rings is 1. The van der Waals surface area contributed by atoms with E-state index in [0.717, 1.165) is 11.3 Å². The molecule has 0 aromatic heterocycles. The van der Waals surface area contributed by atoms with Crippen LogP contribution in [0.5, 0.6) is 5.75 Å². The molecule has 0 aliphatic rings. The lowest BCUT2D eigenvalue weighted by Crippen LogP contribution is -2.00.